The van der Waals surface area contributed by atoms with Crippen LogP contribution in [-0.4, -0.2) is 36.4 Å². The topological polar surface area (TPSA) is 66.7 Å². The number of carbonyl (C=O) groups excluding carboxylic acids is 2. The minimum Gasteiger partial charge on any atom is -0.324 e. The molecule has 0 aliphatic carbocycles. The molecule has 0 radical (unpaired) electrons. The maximum absolute atomic E-state index is 13.2. The van der Waals surface area contributed by atoms with Crippen molar-refractivity contribution in [3.8, 4) is 0 Å². The molecule has 1 aliphatic heterocycles. The van der Waals surface area contributed by atoms with E-state index in [0.717, 1.165) is 25.8 Å². The number of carbonyl (C=O) groups is 2. The van der Waals surface area contributed by atoms with Crippen LogP contribution in [0.5, 0.6) is 0 Å². The lowest BCUT2D eigenvalue weighted by molar-refractivity contribution is -0.885. The number of likely N-dealkylation sites (N-methyl/N-ethyl adjacent to an activating group) is 1. The van der Waals surface area contributed by atoms with E-state index < -0.39 is 0 Å². The number of fused-ring (bicyclic) bond motifs is 2. The second-order valence-electron chi connectivity index (χ2n) is 7.27. The van der Waals surface area contributed by atoms with Crippen LogP contribution in [0.25, 0.3) is 10.2 Å². The lowest BCUT2D eigenvalue weighted by Crippen LogP contribution is -3.09. The first-order valence-electron chi connectivity index (χ1n) is 9.38. The molecule has 1 aromatic heterocycles. The number of nitrogens with zero attached hydrogens (tertiary/aromatic N) is 2. The molecule has 1 aliphatic rings. The zero-order valence-electron chi connectivity index (χ0n) is 15.9. The van der Waals surface area contributed by atoms with Gasteiger partial charge in [-0.3, -0.25) is 9.59 Å². The molecule has 7 heteroatoms. The Hall–Kier alpha value is -2.77. The Morgan fingerprint density at radius 2 is 2.00 bits per heavy atom. The van der Waals surface area contributed by atoms with Crippen molar-refractivity contribution in [2.24, 2.45) is 0 Å². The summed E-state index contributed by atoms with van der Waals surface area (Å²) in [5, 5.41) is 3.92. The minimum absolute atomic E-state index is 0.00932. The monoisotopic (exact) mass is 395 g/mol. The summed E-state index contributed by atoms with van der Waals surface area (Å²) in [5.41, 5.74) is 2.45. The molecular weight excluding hydrogens is 372 g/mol. The highest BCUT2D eigenvalue weighted by Gasteiger charge is 2.31. The number of nitrogens with one attached hydrogen (secondary N) is 2. The molecule has 1 unspecified atom stereocenters. The van der Waals surface area contributed by atoms with Gasteiger partial charge < -0.3 is 15.1 Å². The number of hydrogen-bond acceptors (Lipinski definition) is 4. The summed E-state index contributed by atoms with van der Waals surface area (Å²) in [4.78, 5) is 32.8. The van der Waals surface area contributed by atoms with Gasteiger partial charge in [0.25, 0.3) is 5.91 Å². The lowest BCUT2D eigenvalue weighted by atomic mass is 10.1. The molecule has 0 spiro atoms. The average Bonchev–Trinajstić information content (AvgIpc) is 2.99. The van der Waals surface area contributed by atoms with Crippen molar-refractivity contribution in [3.63, 3.8) is 0 Å². The highest BCUT2D eigenvalue weighted by Crippen LogP contribution is 2.31. The molecule has 2 aromatic carbocycles. The second-order valence-corrected chi connectivity index (χ2v) is 8.38. The van der Waals surface area contributed by atoms with E-state index in [-0.39, 0.29) is 24.3 Å². The first-order valence-corrected chi connectivity index (χ1v) is 10.2. The number of benzene rings is 2. The van der Waals surface area contributed by atoms with Gasteiger partial charge in [-0.15, -0.1) is 11.3 Å². The van der Waals surface area contributed by atoms with Crippen LogP contribution in [0, 0.1) is 0 Å². The van der Waals surface area contributed by atoms with Gasteiger partial charge in [-0.1, -0.05) is 24.3 Å². The highest BCUT2D eigenvalue weighted by atomic mass is 32.1. The Morgan fingerprint density at radius 3 is 2.82 bits per heavy atom. The number of thiazole rings is 1. The first-order chi connectivity index (χ1) is 13.5. The predicted molar refractivity (Wildman–Crippen MR) is 112 cm³/mol. The van der Waals surface area contributed by atoms with E-state index in [1.165, 1.54) is 0 Å². The van der Waals surface area contributed by atoms with Gasteiger partial charge in [0.1, 0.15) is 11.6 Å². The summed E-state index contributed by atoms with van der Waals surface area (Å²) in [7, 11) is 2.00. The Morgan fingerprint density at radius 1 is 1.25 bits per heavy atom. The smallest absolute Gasteiger partial charge is 0.282 e. The number of hydrogen-bond donors (Lipinski definition) is 2. The molecule has 2 N–H and O–H groups in total. The summed E-state index contributed by atoms with van der Waals surface area (Å²) in [6.07, 6.45) is 0.289. The number of anilines is 2. The van der Waals surface area contributed by atoms with Gasteiger partial charge >= 0.3 is 0 Å². The van der Waals surface area contributed by atoms with Gasteiger partial charge in [0.2, 0.25) is 5.91 Å². The van der Waals surface area contributed by atoms with Gasteiger partial charge in [0.15, 0.2) is 6.54 Å². The molecule has 144 valence electrons. The quantitative estimate of drug-likeness (QED) is 0.711. The fourth-order valence-electron chi connectivity index (χ4n) is 3.63. The maximum Gasteiger partial charge on any atom is 0.282 e. The normalized spacial score (nSPS) is 17.7. The van der Waals surface area contributed by atoms with Crippen molar-refractivity contribution in [2.45, 2.75) is 25.9 Å². The van der Waals surface area contributed by atoms with Gasteiger partial charge in [-0.2, -0.15) is 0 Å². The van der Waals surface area contributed by atoms with Crippen molar-refractivity contribution in [1.29, 1.82) is 0 Å². The highest BCUT2D eigenvalue weighted by molar-refractivity contribution is 7.18. The lowest BCUT2D eigenvalue weighted by Gasteiger charge is -2.28. The van der Waals surface area contributed by atoms with E-state index in [0.29, 0.717) is 18.8 Å². The molecule has 4 rings (SSSR count). The number of aromatic nitrogens is 1. The number of para-hydroxylation sites is 3. The maximum atomic E-state index is 13.2. The van der Waals surface area contributed by atoms with Gasteiger partial charge in [0.05, 0.1) is 28.6 Å². The summed E-state index contributed by atoms with van der Waals surface area (Å²) in [6.45, 7) is 2.94. The largest absolute Gasteiger partial charge is 0.324 e. The average molecular weight is 396 g/mol. The first kappa shape index (κ1) is 18.6. The van der Waals surface area contributed by atoms with E-state index in [1.807, 2.05) is 56.4 Å². The molecule has 2 heterocycles. The number of quaternary nitrogens is 1. The van der Waals surface area contributed by atoms with E-state index >= 15 is 0 Å². The fraction of sp³-hybridized carbons (Fsp3) is 0.286. The molecule has 28 heavy (non-hydrogen) atoms. The van der Waals surface area contributed by atoms with Crippen molar-refractivity contribution in [2.75, 3.05) is 23.8 Å². The van der Waals surface area contributed by atoms with E-state index in [9.17, 15) is 9.59 Å². The Balaban J connectivity index is 1.51. The third kappa shape index (κ3) is 3.76. The van der Waals surface area contributed by atoms with Gasteiger partial charge in [-0.25, -0.2) is 4.98 Å². The molecular formula is C21H23N4O2S+. The third-order valence-electron chi connectivity index (χ3n) is 4.87. The predicted octanol–water partition coefficient (Wildman–Crippen LogP) is 2.07. The summed E-state index contributed by atoms with van der Waals surface area (Å²) >= 11 is 1.67. The number of rotatable bonds is 4. The third-order valence-corrected chi connectivity index (χ3v) is 5.91. The zero-order chi connectivity index (χ0) is 19.7. The van der Waals surface area contributed by atoms with Crippen LogP contribution in [0.4, 0.5) is 11.4 Å². The van der Waals surface area contributed by atoms with Crippen LogP contribution in [0.15, 0.2) is 48.5 Å². The van der Waals surface area contributed by atoms with Crippen LogP contribution in [-0.2, 0) is 16.1 Å². The van der Waals surface area contributed by atoms with Gasteiger partial charge in [-0.05, 0) is 31.2 Å². The Kier molecular flexibility index (Phi) is 5.11. The summed E-state index contributed by atoms with van der Waals surface area (Å²) in [6, 6.07) is 15.4. The molecule has 2 amide bonds. The fourth-order valence-corrected chi connectivity index (χ4v) is 4.71. The standard InChI is InChI=1S/C21H22N4O2S/c1-14-11-19(26)22-15-7-3-5-9-17(15)25(14)21(27)13-24(2)12-20-23-16-8-4-6-10-18(16)28-20/h3-10,14H,11-13H2,1-2H3,(H,22,26)/p+1/t14-/m1/s1. The molecule has 6 nitrogen and oxygen atoms in total. The van der Waals surface area contributed by atoms with Crippen molar-refractivity contribution < 1.29 is 14.5 Å². The van der Waals surface area contributed by atoms with Crippen LogP contribution in [0.1, 0.15) is 18.4 Å². The molecule has 0 fully saturated rings. The van der Waals surface area contributed by atoms with Crippen LogP contribution < -0.4 is 15.1 Å². The van der Waals surface area contributed by atoms with Crippen molar-refractivity contribution >= 4 is 44.7 Å². The Labute approximate surface area is 167 Å². The van der Waals surface area contributed by atoms with Crippen molar-refractivity contribution in [3.05, 3.63) is 53.5 Å². The number of amides is 2. The van der Waals surface area contributed by atoms with Crippen LogP contribution in [0.3, 0.4) is 0 Å². The van der Waals surface area contributed by atoms with Crippen molar-refractivity contribution in [1.82, 2.24) is 4.98 Å². The van der Waals surface area contributed by atoms with Crippen LogP contribution >= 0.6 is 11.3 Å². The molecule has 0 saturated carbocycles. The van der Waals surface area contributed by atoms with E-state index in [1.54, 1.807) is 16.2 Å². The van der Waals surface area contributed by atoms with E-state index in [4.69, 9.17) is 0 Å². The van der Waals surface area contributed by atoms with E-state index in [2.05, 4.69) is 16.4 Å². The second kappa shape index (κ2) is 7.69. The Bertz CT molecular complexity index is 999. The summed E-state index contributed by atoms with van der Waals surface area (Å²) in [5.74, 6) is -0.0551. The molecule has 2 atom stereocenters. The molecule has 3 aromatic rings. The SMILES string of the molecule is C[C@@H]1CC(=O)Nc2ccccc2N1C(=O)C[NH+](C)Cc1nc2ccccc2s1. The molecule has 0 saturated heterocycles. The zero-order valence-corrected chi connectivity index (χ0v) is 16.8. The minimum atomic E-state index is -0.189. The summed E-state index contributed by atoms with van der Waals surface area (Å²) < 4.78 is 1.16. The van der Waals surface area contributed by atoms with Gasteiger partial charge in [0, 0.05) is 12.5 Å². The molecule has 0 bridgehead atoms. The van der Waals surface area contributed by atoms with Crippen LogP contribution in [0.2, 0.25) is 0 Å².